The minimum atomic E-state index is -0.562. The second kappa shape index (κ2) is 4.71. The second-order valence-corrected chi connectivity index (χ2v) is 7.03. The maximum absolute atomic E-state index is 11.2. The van der Waals surface area contributed by atoms with Crippen molar-refractivity contribution in [2.75, 3.05) is 0 Å². The summed E-state index contributed by atoms with van der Waals surface area (Å²) in [6.07, 6.45) is 0. The van der Waals surface area contributed by atoms with Crippen LogP contribution in [0.15, 0.2) is 42.5 Å². The van der Waals surface area contributed by atoms with E-state index in [1.807, 2.05) is 30.3 Å². The number of nitrogens with zero attached hydrogens (tertiary/aromatic N) is 1. The lowest BCUT2D eigenvalue weighted by atomic mass is 9.82. The molecule has 24 heavy (non-hydrogen) atoms. The number of nitro groups is 1. The van der Waals surface area contributed by atoms with Crippen molar-refractivity contribution in [1.29, 1.82) is 0 Å². The molecule has 0 aliphatic heterocycles. The zero-order chi connectivity index (χ0) is 17.2. The Hall–Kier alpha value is -2.59. The maximum atomic E-state index is 11.2. The molecule has 1 N–H and O–H groups in total. The molecule has 3 aromatic carbocycles. The van der Waals surface area contributed by atoms with Gasteiger partial charge in [0.05, 0.1) is 4.92 Å². The number of benzene rings is 3. The SMILES string of the molecule is CC1(C)c2ccc(Cl)cc2-c2c1ccc1ccc([N+](=O)[O-])c(O)c21. The van der Waals surface area contributed by atoms with Crippen molar-refractivity contribution >= 4 is 28.1 Å². The average molecular weight is 340 g/mol. The number of rotatable bonds is 1. The van der Waals surface area contributed by atoms with Crippen LogP contribution in [0, 0.1) is 10.1 Å². The largest absolute Gasteiger partial charge is 0.502 e. The van der Waals surface area contributed by atoms with Crippen LogP contribution in [-0.4, -0.2) is 10.0 Å². The normalized spacial score (nSPS) is 14.5. The van der Waals surface area contributed by atoms with Crippen molar-refractivity contribution in [3.8, 4) is 16.9 Å². The first-order valence-electron chi connectivity index (χ1n) is 7.56. The van der Waals surface area contributed by atoms with Crippen LogP contribution in [0.5, 0.6) is 5.75 Å². The highest BCUT2D eigenvalue weighted by molar-refractivity contribution is 6.31. The fraction of sp³-hybridized carbons (Fsp3) is 0.158. The summed E-state index contributed by atoms with van der Waals surface area (Å²) in [5.41, 5.74) is 3.33. The molecule has 0 radical (unpaired) electrons. The van der Waals surface area contributed by atoms with Gasteiger partial charge in [-0.2, -0.15) is 0 Å². The Balaban J connectivity index is 2.22. The van der Waals surface area contributed by atoms with Gasteiger partial charge < -0.3 is 5.11 Å². The van der Waals surface area contributed by atoms with E-state index < -0.39 is 4.92 Å². The summed E-state index contributed by atoms with van der Waals surface area (Å²) in [6.45, 7) is 4.21. The minimum absolute atomic E-state index is 0.263. The van der Waals surface area contributed by atoms with E-state index in [2.05, 4.69) is 13.8 Å². The summed E-state index contributed by atoms with van der Waals surface area (Å²) in [5, 5.41) is 23.7. The fourth-order valence-corrected chi connectivity index (χ4v) is 3.92. The van der Waals surface area contributed by atoms with Crippen LogP contribution in [0.1, 0.15) is 25.0 Å². The molecule has 0 aromatic heterocycles. The van der Waals surface area contributed by atoms with E-state index in [9.17, 15) is 15.2 Å². The highest BCUT2D eigenvalue weighted by atomic mass is 35.5. The fourth-order valence-electron chi connectivity index (χ4n) is 3.75. The molecular formula is C19H14ClNO3. The molecule has 0 atom stereocenters. The van der Waals surface area contributed by atoms with E-state index in [-0.39, 0.29) is 16.9 Å². The van der Waals surface area contributed by atoms with Crippen molar-refractivity contribution in [3.63, 3.8) is 0 Å². The number of halogens is 1. The zero-order valence-electron chi connectivity index (χ0n) is 13.1. The van der Waals surface area contributed by atoms with Gasteiger partial charge >= 0.3 is 5.69 Å². The minimum Gasteiger partial charge on any atom is -0.502 e. The van der Waals surface area contributed by atoms with Crippen molar-refractivity contribution < 1.29 is 10.0 Å². The molecule has 0 fully saturated rings. The van der Waals surface area contributed by atoms with Gasteiger partial charge in [0.15, 0.2) is 0 Å². The molecule has 1 aliphatic carbocycles. The van der Waals surface area contributed by atoms with Gasteiger partial charge in [0.25, 0.3) is 0 Å². The number of hydrogen-bond acceptors (Lipinski definition) is 3. The van der Waals surface area contributed by atoms with Gasteiger partial charge in [0, 0.05) is 21.9 Å². The summed E-state index contributed by atoms with van der Waals surface area (Å²) in [4.78, 5) is 10.7. The Morgan fingerprint density at radius 3 is 2.46 bits per heavy atom. The first kappa shape index (κ1) is 15.0. The highest BCUT2D eigenvalue weighted by Gasteiger charge is 2.37. The van der Waals surface area contributed by atoms with Crippen molar-refractivity contribution in [2.24, 2.45) is 0 Å². The molecule has 0 amide bonds. The van der Waals surface area contributed by atoms with Crippen LogP contribution < -0.4 is 0 Å². The highest BCUT2D eigenvalue weighted by Crippen LogP contribution is 2.54. The van der Waals surface area contributed by atoms with Crippen molar-refractivity contribution in [3.05, 3.63) is 68.7 Å². The van der Waals surface area contributed by atoms with E-state index in [1.165, 1.54) is 6.07 Å². The predicted molar refractivity (Wildman–Crippen MR) is 94.8 cm³/mol. The van der Waals surface area contributed by atoms with E-state index in [1.54, 1.807) is 6.07 Å². The standard InChI is InChI=1S/C19H14ClNO3/c1-19(2)13-7-5-11(20)9-12(13)17-14(19)6-3-10-4-8-15(21(23)24)18(22)16(10)17/h3-9,22H,1-2H3. The Bertz CT molecular complexity index is 1040. The van der Waals surface area contributed by atoms with Gasteiger partial charge in [-0.25, -0.2) is 0 Å². The number of aromatic hydroxyl groups is 1. The molecule has 0 bridgehead atoms. The lowest BCUT2D eigenvalue weighted by Gasteiger charge is -2.21. The summed E-state index contributed by atoms with van der Waals surface area (Å²) in [7, 11) is 0. The molecule has 5 heteroatoms. The molecule has 0 unspecified atom stereocenters. The smallest absolute Gasteiger partial charge is 0.311 e. The molecule has 120 valence electrons. The summed E-state index contributed by atoms with van der Waals surface area (Å²) < 4.78 is 0. The lowest BCUT2D eigenvalue weighted by Crippen LogP contribution is -2.14. The van der Waals surface area contributed by atoms with E-state index in [4.69, 9.17) is 11.6 Å². The van der Waals surface area contributed by atoms with Gasteiger partial charge in [-0.15, -0.1) is 0 Å². The molecule has 0 saturated carbocycles. The van der Waals surface area contributed by atoms with E-state index in [0.29, 0.717) is 10.4 Å². The van der Waals surface area contributed by atoms with E-state index in [0.717, 1.165) is 27.6 Å². The lowest BCUT2D eigenvalue weighted by molar-refractivity contribution is -0.385. The van der Waals surface area contributed by atoms with Crippen molar-refractivity contribution in [1.82, 2.24) is 0 Å². The van der Waals surface area contributed by atoms with Gasteiger partial charge in [-0.1, -0.05) is 43.6 Å². The Kier molecular flexibility index (Phi) is 2.94. The van der Waals surface area contributed by atoms with Gasteiger partial charge in [-0.05, 0) is 45.8 Å². The average Bonchev–Trinajstić information content (AvgIpc) is 2.74. The molecule has 3 aromatic rings. The third-order valence-electron chi connectivity index (χ3n) is 4.93. The molecule has 0 heterocycles. The molecule has 0 spiro atoms. The first-order chi connectivity index (χ1) is 11.3. The first-order valence-corrected chi connectivity index (χ1v) is 7.94. The van der Waals surface area contributed by atoms with Crippen LogP contribution in [0.2, 0.25) is 5.02 Å². The Morgan fingerprint density at radius 2 is 1.75 bits per heavy atom. The molecule has 0 saturated heterocycles. The Morgan fingerprint density at radius 1 is 1.08 bits per heavy atom. The molecule has 4 rings (SSSR count). The summed E-state index contributed by atoms with van der Waals surface area (Å²) >= 11 is 6.18. The van der Waals surface area contributed by atoms with Gasteiger partial charge in [0.1, 0.15) is 0 Å². The topological polar surface area (TPSA) is 63.4 Å². The van der Waals surface area contributed by atoms with Crippen LogP contribution in [0.3, 0.4) is 0 Å². The maximum Gasteiger partial charge on any atom is 0.311 e. The summed E-state index contributed by atoms with van der Waals surface area (Å²) in [6, 6.07) is 12.6. The number of fused-ring (bicyclic) bond motifs is 5. The molecule has 1 aliphatic rings. The molecular weight excluding hydrogens is 326 g/mol. The van der Waals surface area contributed by atoms with Crippen LogP contribution in [-0.2, 0) is 5.41 Å². The zero-order valence-corrected chi connectivity index (χ0v) is 13.9. The summed E-state index contributed by atoms with van der Waals surface area (Å²) in [5.74, 6) is -0.294. The van der Waals surface area contributed by atoms with Gasteiger partial charge in [-0.3, -0.25) is 10.1 Å². The van der Waals surface area contributed by atoms with Crippen LogP contribution in [0.25, 0.3) is 21.9 Å². The van der Waals surface area contributed by atoms with Gasteiger partial charge in [0.2, 0.25) is 5.75 Å². The number of phenols is 1. The van der Waals surface area contributed by atoms with Crippen LogP contribution >= 0.6 is 11.6 Å². The molecule has 4 nitrogen and oxygen atoms in total. The van der Waals surface area contributed by atoms with Crippen LogP contribution in [0.4, 0.5) is 5.69 Å². The second-order valence-electron chi connectivity index (χ2n) is 6.59. The monoisotopic (exact) mass is 339 g/mol. The third kappa shape index (κ3) is 1.80. The quantitative estimate of drug-likeness (QED) is 0.476. The Labute approximate surface area is 143 Å². The number of phenolic OH excluding ortho intramolecular Hbond substituents is 1. The third-order valence-corrected chi connectivity index (χ3v) is 5.17. The number of nitro benzene ring substituents is 1. The number of hydrogen-bond donors (Lipinski definition) is 1. The van der Waals surface area contributed by atoms with Crippen molar-refractivity contribution in [2.45, 2.75) is 19.3 Å². The predicted octanol–water partition coefficient (Wildman–Crippen LogP) is 5.41. The van der Waals surface area contributed by atoms with E-state index >= 15 is 0 Å².